The Morgan fingerprint density at radius 3 is 2.58 bits per heavy atom. The van der Waals surface area contributed by atoms with Crippen molar-refractivity contribution in [1.29, 1.82) is 0 Å². The van der Waals surface area contributed by atoms with Gasteiger partial charge in [0.1, 0.15) is 5.76 Å². The highest BCUT2D eigenvalue weighted by Crippen LogP contribution is 2.31. The molecule has 0 aliphatic carbocycles. The van der Waals surface area contributed by atoms with Crippen LogP contribution in [0.5, 0.6) is 0 Å². The lowest BCUT2D eigenvalue weighted by molar-refractivity contribution is 0.0705. The van der Waals surface area contributed by atoms with Gasteiger partial charge in [0.05, 0.1) is 6.20 Å². The molecule has 0 saturated carbocycles. The Labute approximate surface area is 147 Å². The van der Waals surface area contributed by atoms with E-state index in [0.29, 0.717) is 23.7 Å². The predicted molar refractivity (Wildman–Crippen MR) is 94.5 cm³/mol. The number of carbonyl (C=O) groups excluding carboxylic acids is 1. The number of halogens is 1. The summed E-state index contributed by atoms with van der Waals surface area (Å²) in [6.45, 7) is 7.77. The van der Waals surface area contributed by atoms with Crippen LogP contribution in [0.1, 0.15) is 61.5 Å². The standard InChI is InChI=1S/C19H23ClN2O2/c1-19(2,3)16-12-21-17(24-16)13-7-9-22(10-8-13)18(23)14-5-4-6-15(20)11-14/h4-6,11-13H,7-10H2,1-3H3. The van der Waals surface area contributed by atoms with Crippen LogP contribution in [0.25, 0.3) is 0 Å². The van der Waals surface area contributed by atoms with Gasteiger partial charge >= 0.3 is 0 Å². The van der Waals surface area contributed by atoms with Crippen LogP contribution in [0.3, 0.4) is 0 Å². The Hall–Kier alpha value is -1.81. The first-order chi connectivity index (χ1) is 11.3. The maximum Gasteiger partial charge on any atom is 0.253 e. The molecule has 0 unspecified atom stereocenters. The molecule has 1 saturated heterocycles. The third kappa shape index (κ3) is 3.64. The van der Waals surface area contributed by atoms with Crippen molar-refractivity contribution in [3.63, 3.8) is 0 Å². The van der Waals surface area contributed by atoms with Crippen LogP contribution >= 0.6 is 11.6 Å². The van der Waals surface area contributed by atoms with Crippen LogP contribution in [-0.4, -0.2) is 28.9 Å². The molecule has 5 heteroatoms. The summed E-state index contributed by atoms with van der Waals surface area (Å²) in [7, 11) is 0. The smallest absolute Gasteiger partial charge is 0.253 e. The van der Waals surface area contributed by atoms with Crippen molar-refractivity contribution in [2.75, 3.05) is 13.1 Å². The van der Waals surface area contributed by atoms with Gasteiger partial charge in [-0.15, -0.1) is 0 Å². The molecule has 0 spiro atoms. The number of hydrogen-bond acceptors (Lipinski definition) is 3. The lowest BCUT2D eigenvalue weighted by atomic mass is 9.94. The molecule has 0 atom stereocenters. The number of aromatic nitrogens is 1. The first-order valence-electron chi connectivity index (χ1n) is 8.35. The SMILES string of the molecule is CC(C)(C)c1cnc(C2CCN(C(=O)c3cccc(Cl)c3)CC2)o1. The maximum absolute atomic E-state index is 12.6. The van der Waals surface area contributed by atoms with Crippen LogP contribution in [-0.2, 0) is 5.41 Å². The van der Waals surface area contributed by atoms with Crippen molar-refractivity contribution in [1.82, 2.24) is 9.88 Å². The molecule has 1 fully saturated rings. The summed E-state index contributed by atoms with van der Waals surface area (Å²) in [5.41, 5.74) is 0.612. The predicted octanol–water partition coefficient (Wildman–Crippen LogP) is 4.65. The molecule has 1 aromatic carbocycles. The van der Waals surface area contributed by atoms with Gasteiger partial charge in [0, 0.05) is 35.0 Å². The average molecular weight is 347 g/mol. The summed E-state index contributed by atoms with van der Waals surface area (Å²) >= 11 is 5.98. The minimum Gasteiger partial charge on any atom is -0.445 e. The van der Waals surface area contributed by atoms with E-state index in [1.807, 2.05) is 23.2 Å². The Morgan fingerprint density at radius 2 is 2.00 bits per heavy atom. The normalized spacial score (nSPS) is 16.4. The molecule has 1 aromatic heterocycles. The number of hydrogen-bond donors (Lipinski definition) is 0. The first-order valence-corrected chi connectivity index (χ1v) is 8.73. The van der Waals surface area contributed by atoms with Gasteiger partial charge in [-0.05, 0) is 31.0 Å². The molecule has 0 radical (unpaired) electrons. The van der Waals surface area contributed by atoms with Crippen molar-refractivity contribution in [2.45, 2.75) is 44.9 Å². The number of benzene rings is 1. The zero-order valence-corrected chi connectivity index (χ0v) is 15.1. The van der Waals surface area contributed by atoms with Crippen molar-refractivity contribution in [3.05, 3.63) is 52.7 Å². The number of piperidine rings is 1. The van der Waals surface area contributed by atoms with Crippen molar-refractivity contribution >= 4 is 17.5 Å². The third-order valence-electron chi connectivity index (χ3n) is 4.47. The van der Waals surface area contributed by atoms with E-state index in [-0.39, 0.29) is 17.2 Å². The van der Waals surface area contributed by atoms with Gasteiger partial charge < -0.3 is 9.32 Å². The fraction of sp³-hybridized carbons (Fsp3) is 0.474. The van der Waals surface area contributed by atoms with E-state index >= 15 is 0 Å². The molecule has 1 amide bonds. The highest BCUT2D eigenvalue weighted by atomic mass is 35.5. The minimum atomic E-state index is -0.0332. The van der Waals surface area contributed by atoms with Gasteiger partial charge in [0.15, 0.2) is 5.89 Å². The van der Waals surface area contributed by atoms with Gasteiger partial charge in [-0.2, -0.15) is 0 Å². The van der Waals surface area contributed by atoms with E-state index in [0.717, 1.165) is 24.5 Å². The fourth-order valence-electron chi connectivity index (χ4n) is 2.96. The molecular formula is C19H23ClN2O2. The van der Waals surface area contributed by atoms with Crippen molar-refractivity contribution < 1.29 is 9.21 Å². The number of carbonyl (C=O) groups is 1. The molecule has 128 valence electrons. The number of rotatable bonds is 2. The van der Waals surface area contributed by atoms with E-state index in [1.54, 1.807) is 12.1 Å². The summed E-state index contributed by atoms with van der Waals surface area (Å²) in [6.07, 6.45) is 3.58. The van der Waals surface area contributed by atoms with Gasteiger partial charge in [-0.25, -0.2) is 4.98 Å². The van der Waals surface area contributed by atoms with Crippen molar-refractivity contribution in [3.8, 4) is 0 Å². The molecule has 2 heterocycles. The lowest BCUT2D eigenvalue weighted by Gasteiger charge is -2.30. The van der Waals surface area contributed by atoms with Crippen LogP contribution in [0.2, 0.25) is 5.02 Å². The molecule has 1 aliphatic rings. The van der Waals surface area contributed by atoms with E-state index in [1.165, 1.54) is 0 Å². The molecule has 2 aromatic rings. The summed E-state index contributed by atoms with van der Waals surface area (Å²) in [4.78, 5) is 18.9. The second-order valence-electron chi connectivity index (χ2n) is 7.39. The summed E-state index contributed by atoms with van der Waals surface area (Å²) in [5.74, 6) is 2.04. The van der Waals surface area contributed by atoms with Gasteiger partial charge in [-0.1, -0.05) is 38.4 Å². The van der Waals surface area contributed by atoms with Crippen LogP contribution in [0.4, 0.5) is 0 Å². The van der Waals surface area contributed by atoms with Crippen LogP contribution in [0.15, 0.2) is 34.9 Å². The third-order valence-corrected chi connectivity index (χ3v) is 4.70. The topological polar surface area (TPSA) is 46.3 Å². The fourth-order valence-corrected chi connectivity index (χ4v) is 3.15. The van der Waals surface area contributed by atoms with Crippen molar-refractivity contribution in [2.24, 2.45) is 0 Å². The molecule has 4 nitrogen and oxygen atoms in total. The maximum atomic E-state index is 12.6. The van der Waals surface area contributed by atoms with Gasteiger partial charge in [0.25, 0.3) is 5.91 Å². The number of nitrogens with zero attached hydrogens (tertiary/aromatic N) is 2. The molecule has 24 heavy (non-hydrogen) atoms. The highest BCUT2D eigenvalue weighted by molar-refractivity contribution is 6.30. The highest BCUT2D eigenvalue weighted by Gasteiger charge is 2.28. The Kier molecular flexibility index (Phi) is 4.68. The van der Waals surface area contributed by atoms with Crippen LogP contribution < -0.4 is 0 Å². The zero-order chi connectivity index (χ0) is 17.3. The quantitative estimate of drug-likeness (QED) is 0.795. The Bertz CT molecular complexity index is 725. The lowest BCUT2D eigenvalue weighted by Crippen LogP contribution is -2.38. The van der Waals surface area contributed by atoms with E-state index in [2.05, 4.69) is 25.8 Å². The Balaban J connectivity index is 1.63. The monoisotopic (exact) mass is 346 g/mol. The molecular weight excluding hydrogens is 324 g/mol. The largest absolute Gasteiger partial charge is 0.445 e. The summed E-state index contributed by atoms with van der Waals surface area (Å²) < 4.78 is 5.95. The van der Waals surface area contributed by atoms with E-state index < -0.39 is 0 Å². The second-order valence-corrected chi connectivity index (χ2v) is 7.83. The molecule has 3 rings (SSSR count). The number of likely N-dealkylation sites (tertiary alicyclic amines) is 1. The molecule has 0 N–H and O–H groups in total. The number of oxazole rings is 1. The molecule has 0 bridgehead atoms. The average Bonchev–Trinajstić information content (AvgIpc) is 3.04. The van der Waals surface area contributed by atoms with E-state index in [9.17, 15) is 4.79 Å². The van der Waals surface area contributed by atoms with Crippen LogP contribution in [0, 0.1) is 0 Å². The summed E-state index contributed by atoms with van der Waals surface area (Å²) in [5, 5.41) is 0.588. The number of amides is 1. The second kappa shape index (κ2) is 6.60. The first kappa shape index (κ1) is 17.0. The molecule has 1 aliphatic heterocycles. The minimum absolute atomic E-state index is 0.0332. The van der Waals surface area contributed by atoms with Gasteiger partial charge in [0.2, 0.25) is 0 Å². The Morgan fingerprint density at radius 1 is 1.29 bits per heavy atom. The summed E-state index contributed by atoms with van der Waals surface area (Å²) in [6, 6.07) is 7.12. The van der Waals surface area contributed by atoms with Gasteiger partial charge in [-0.3, -0.25) is 4.79 Å². The van der Waals surface area contributed by atoms with E-state index in [4.69, 9.17) is 16.0 Å². The zero-order valence-electron chi connectivity index (χ0n) is 14.4.